The second-order valence-corrected chi connectivity index (χ2v) is 4.17. The zero-order valence-corrected chi connectivity index (χ0v) is 9.49. The van der Waals surface area contributed by atoms with E-state index in [9.17, 15) is 0 Å². The fraction of sp³-hybridized carbons (Fsp3) is 0.818. The summed E-state index contributed by atoms with van der Waals surface area (Å²) in [5.74, 6) is 2.69. The zero-order chi connectivity index (χ0) is 10.7. The van der Waals surface area contributed by atoms with Gasteiger partial charge in [-0.05, 0) is 25.7 Å². The Kier molecular flexibility index (Phi) is 3.36. The van der Waals surface area contributed by atoms with E-state index in [0.717, 1.165) is 37.0 Å². The summed E-state index contributed by atoms with van der Waals surface area (Å²) in [6, 6.07) is 0. The second-order valence-electron chi connectivity index (χ2n) is 4.17. The predicted octanol–water partition coefficient (Wildman–Crippen LogP) is 1.72. The summed E-state index contributed by atoms with van der Waals surface area (Å²) in [6.45, 7) is 4.96. The quantitative estimate of drug-likeness (QED) is 0.803. The van der Waals surface area contributed by atoms with Crippen LogP contribution in [0.1, 0.15) is 38.3 Å². The Bertz CT molecular complexity index is 305. The van der Waals surface area contributed by atoms with E-state index in [1.165, 1.54) is 12.8 Å². The van der Waals surface area contributed by atoms with Crippen molar-refractivity contribution in [3.8, 4) is 0 Å². The number of aromatic nitrogens is 3. The molecule has 1 N–H and O–H groups in total. The Balaban J connectivity index is 1.75. The minimum Gasteiger partial charge on any atom is -0.378 e. The number of aryl methyl sites for hydroxylation is 1. The Morgan fingerprint density at radius 3 is 2.80 bits per heavy atom. The van der Waals surface area contributed by atoms with Gasteiger partial charge in [0.25, 0.3) is 0 Å². The third-order valence-corrected chi connectivity index (χ3v) is 2.97. The molecule has 1 aromatic rings. The average Bonchev–Trinajstić information content (AvgIpc) is 2.62. The van der Waals surface area contributed by atoms with Gasteiger partial charge in [-0.1, -0.05) is 6.92 Å². The smallest absolute Gasteiger partial charge is 0.150 e. The first-order chi connectivity index (χ1) is 7.31. The molecule has 0 aliphatic heterocycles. The van der Waals surface area contributed by atoms with Crippen LogP contribution in [0.15, 0.2) is 0 Å². The highest BCUT2D eigenvalue weighted by molar-refractivity contribution is 4.94. The number of hydrogen-bond donors (Lipinski definition) is 1. The fourth-order valence-electron chi connectivity index (χ4n) is 2.07. The Morgan fingerprint density at radius 1 is 1.40 bits per heavy atom. The maximum atomic E-state index is 5.53. The van der Waals surface area contributed by atoms with E-state index in [4.69, 9.17) is 4.74 Å². The highest BCUT2D eigenvalue weighted by Crippen LogP contribution is 2.32. The minimum atomic E-state index is 0.494. The summed E-state index contributed by atoms with van der Waals surface area (Å²) in [6.07, 6.45) is 4.78. The molecule has 0 spiro atoms. The van der Waals surface area contributed by atoms with Gasteiger partial charge in [-0.3, -0.25) is 5.10 Å². The van der Waals surface area contributed by atoms with Crippen molar-refractivity contribution in [3.63, 3.8) is 0 Å². The van der Waals surface area contributed by atoms with Gasteiger partial charge in [-0.25, -0.2) is 4.98 Å². The Morgan fingerprint density at radius 2 is 2.20 bits per heavy atom. The maximum Gasteiger partial charge on any atom is 0.150 e. The van der Waals surface area contributed by atoms with Gasteiger partial charge in [0.05, 0.1) is 6.10 Å². The molecule has 15 heavy (non-hydrogen) atoms. The van der Waals surface area contributed by atoms with Gasteiger partial charge in [0.2, 0.25) is 0 Å². The number of H-pyrrole nitrogens is 1. The molecular weight excluding hydrogens is 190 g/mol. The monoisotopic (exact) mass is 209 g/mol. The van der Waals surface area contributed by atoms with Gasteiger partial charge in [0.15, 0.2) is 0 Å². The summed E-state index contributed by atoms with van der Waals surface area (Å²) in [7, 11) is 0. The minimum absolute atomic E-state index is 0.494. The normalized spacial score (nSPS) is 25.2. The number of hydrogen-bond acceptors (Lipinski definition) is 3. The number of ether oxygens (including phenoxy) is 1. The Labute approximate surface area is 90.4 Å². The maximum absolute atomic E-state index is 5.53. The van der Waals surface area contributed by atoms with Gasteiger partial charge in [0, 0.05) is 19.4 Å². The van der Waals surface area contributed by atoms with E-state index in [-0.39, 0.29) is 0 Å². The van der Waals surface area contributed by atoms with Crippen LogP contribution in [0.5, 0.6) is 0 Å². The van der Waals surface area contributed by atoms with Crippen LogP contribution in [0.2, 0.25) is 0 Å². The van der Waals surface area contributed by atoms with Gasteiger partial charge in [-0.15, -0.1) is 0 Å². The number of nitrogens with zero attached hydrogens (tertiary/aromatic N) is 2. The molecule has 0 radical (unpaired) electrons. The molecule has 1 fully saturated rings. The number of aromatic amines is 1. The third kappa shape index (κ3) is 2.56. The molecule has 0 bridgehead atoms. The lowest BCUT2D eigenvalue weighted by Crippen LogP contribution is -2.32. The van der Waals surface area contributed by atoms with Crippen LogP contribution < -0.4 is 0 Å². The van der Waals surface area contributed by atoms with E-state index in [1.807, 2.05) is 0 Å². The van der Waals surface area contributed by atoms with E-state index >= 15 is 0 Å². The van der Waals surface area contributed by atoms with Crippen molar-refractivity contribution < 1.29 is 4.74 Å². The lowest BCUT2D eigenvalue weighted by molar-refractivity contribution is -0.0245. The standard InChI is InChI=1S/C11H19N3O/c1-3-10-12-11(14-13-10)7-8-5-9(6-8)15-4-2/h8-9H,3-7H2,1-2H3,(H,12,13,14). The largest absolute Gasteiger partial charge is 0.378 e. The van der Waals surface area contributed by atoms with Gasteiger partial charge >= 0.3 is 0 Å². The van der Waals surface area contributed by atoms with Gasteiger partial charge in [0.1, 0.15) is 11.6 Å². The van der Waals surface area contributed by atoms with Crippen molar-refractivity contribution in [1.29, 1.82) is 0 Å². The van der Waals surface area contributed by atoms with Crippen LogP contribution in [-0.2, 0) is 17.6 Å². The molecule has 0 aromatic carbocycles. The van der Waals surface area contributed by atoms with Crippen LogP contribution in [0.25, 0.3) is 0 Å². The summed E-state index contributed by atoms with van der Waals surface area (Å²) in [4.78, 5) is 4.41. The van der Waals surface area contributed by atoms with E-state index in [1.54, 1.807) is 0 Å². The first-order valence-corrected chi connectivity index (χ1v) is 5.83. The summed E-state index contributed by atoms with van der Waals surface area (Å²) in [5.41, 5.74) is 0. The number of nitrogens with one attached hydrogen (secondary N) is 1. The molecule has 1 saturated carbocycles. The lowest BCUT2D eigenvalue weighted by atomic mass is 9.80. The molecule has 1 aliphatic rings. The van der Waals surface area contributed by atoms with Crippen molar-refractivity contribution in [3.05, 3.63) is 11.6 Å². The van der Waals surface area contributed by atoms with Crippen molar-refractivity contribution in [2.45, 2.75) is 45.6 Å². The Hall–Kier alpha value is -0.900. The van der Waals surface area contributed by atoms with Crippen molar-refractivity contribution in [2.75, 3.05) is 6.61 Å². The predicted molar refractivity (Wildman–Crippen MR) is 57.6 cm³/mol. The molecule has 0 unspecified atom stereocenters. The SMILES string of the molecule is CCOC1CC(Cc2nc(CC)n[nH]2)C1. The molecule has 4 heteroatoms. The molecule has 0 saturated heterocycles. The second kappa shape index (κ2) is 4.75. The molecule has 2 rings (SSSR count). The molecular formula is C11H19N3O. The third-order valence-electron chi connectivity index (χ3n) is 2.97. The van der Waals surface area contributed by atoms with Gasteiger partial charge < -0.3 is 4.74 Å². The summed E-state index contributed by atoms with van der Waals surface area (Å²) >= 11 is 0. The highest BCUT2D eigenvalue weighted by Gasteiger charge is 2.30. The topological polar surface area (TPSA) is 50.8 Å². The van der Waals surface area contributed by atoms with Crippen LogP contribution in [0.3, 0.4) is 0 Å². The van der Waals surface area contributed by atoms with Crippen molar-refractivity contribution in [1.82, 2.24) is 15.2 Å². The molecule has 4 nitrogen and oxygen atoms in total. The summed E-state index contributed by atoms with van der Waals surface area (Å²) < 4.78 is 5.53. The summed E-state index contributed by atoms with van der Waals surface area (Å²) in [5, 5.41) is 7.13. The van der Waals surface area contributed by atoms with E-state index in [2.05, 4.69) is 29.0 Å². The first-order valence-electron chi connectivity index (χ1n) is 5.83. The molecule has 0 atom stereocenters. The van der Waals surface area contributed by atoms with E-state index < -0.39 is 0 Å². The van der Waals surface area contributed by atoms with Crippen molar-refractivity contribution >= 4 is 0 Å². The van der Waals surface area contributed by atoms with Crippen LogP contribution in [0, 0.1) is 5.92 Å². The molecule has 1 aromatic heterocycles. The van der Waals surface area contributed by atoms with Crippen molar-refractivity contribution in [2.24, 2.45) is 5.92 Å². The molecule has 1 aliphatic carbocycles. The van der Waals surface area contributed by atoms with Crippen LogP contribution in [0.4, 0.5) is 0 Å². The number of rotatable bonds is 5. The zero-order valence-electron chi connectivity index (χ0n) is 9.49. The molecule has 84 valence electrons. The first kappa shape index (κ1) is 10.6. The van der Waals surface area contributed by atoms with E-state index in [0.29, 0.717) is 6.10 Å². The molecule has 0 amide bonds. The van der Waals surface area contributed by atoms with Crippen LogP contribution >= 0.6 is 0 Å². The highest BCUT2D eigenvalue weighted by atomic mass is 16.5. The fourth-order valence-corrected chi connectivity index (χ4v) is 2.07. The van der Waals surface area contributed by atoms with Gasteiger partial charge in [-0.2, -0.15) is 5.10 Å². The molecule has 1 heterocycles. The lowest BCUT2D eigenvalue weighted by Gasteiger charge is -2.34. The average molecular weight is 209 g/mol. The van der Waals surface area contributed by atoms with Crippen LogP contribution in [-0.4, -0.2) is 27.9 Å².